The van der Waals surface area contributed by atoms with E-state index in [1.54, 1.807) is 12.1 Å². The molecule has 15 heavy (non-hydrogen) atoms. The predicted molar refractivity (Wildman–Crippen MR) is 45.8 cm³/mol. The van der Waals surface area contributed by atoms with Crippen molar-refractivity contribution < 1.29 is 18.3 Å². The minimum Gasteiger partial charge on any atom is -0.382 e. The van der Waals surface area contributed by atoms with Crippen molar-refractivity contribution in [2.75, 3.05) is 6.54 Å². The zero-order chi connectivity index (χ0) is 11.3. The van der Waals surface area contributed by atoms with Crippen molar-refractivity contribution in [2.45, 2.75) is 18.8 Å². The molecule has 0 radical (unpaired) electrons. The molecule has 0 saturated heterocycles. The van der Waals surface area contributed by atoms with E-state index in [1.165, 1.54) is 6.20 Å². The summed E-state index contributed by atoms with van der Waals surface area (Å²) in [5, 5.41) is 18.3. The molecule has 0 bridgehead atoms. The number of aromatic nitrogens is 2. The molecular weight excluding hydrogens is 211 g/mol. The van der Waals surface area contributed by atoms with E-state index >= 15 is 0 Å². The smallest absolute Gasteiger partial charge is 0.382 e. The van der Waals surface area contributed by atoms with Crippen LogP contribution in [0.25, 0.3) is 0 Å². The fraction of sp³-hybridized carbons (Fsp3) is 0.500. The maximum atomic E-state index is 11.9. The van der Waals surface area contributed by atoms with E-state index in [1.807, 2.05) is 0 Å². The lowest BCUT2D eigenvalue weighted by Gasteiger charge is -2.14. The number of halogens is 3. The Morgan fingerprint density at radius 3 is 2.73 bits per heavy atom. The highest BCUT2D eigenvalue weighted by molar-refractivity contribution is 4.98. The van der Waals surface area contributed by atoms with Crippen molar-refractivity contribution >= 4 is 0 Å². The highest BCUT2D eigenvalue weighted by Gasteiger charge is 2.37. The molecule has 0 aliphatic rings. The molecule has 84 valence electrons. The summed E-state index contributed by atoms with van der Waals surface area (Å²) in [4.78, 5) is 0. The second-order valence-electron chi connectivity index (χ2n) is 2.90. The Balaban J connectivity index is 2.28. The number of rotatable bonds is 4. The first-order valence-corrected chi connectivity index (χ1v) is 4.22. The van der Waals surface area contributed by atoms with E-state index < -0.39 is 18.8 Å². The van der Waals surface area contributed by atoms with Gasteiger partial charge in [0.2, 0.25) is 0 Å². The van der Waals surface area contributed by atoms with E-state index in [9.17, 15) is 13.2 Å². The standard InChI is InChI=1S/C8H10F3N3O/c9-8(10,11)7(15)5-12-4-6-2-1-3-13-14-6/h1-3,7,12,15H,4-5H2. The van der Waals surface area contributed by atoms with Crippen LogP contribution in [0.5, 0.6) is 0 Å². The molecule has 0 aliphatic heterocycles. The van der Waals surface area contributed by atoms with E-state index in [0.29, 0.717) is 5.69 Å². The molecule has 1 heterocycles. The fourth-order valence-electron chi connectivity index (χ4n) is 0.880. The highest BCUT2D eigenvalue weighted by atomic mass is 19.4. The molecular formula is C8H10F3N3O. The van der Waals surface area contributed by atoms with Gasteiger partial charge in [0.05, 0.1) is 5.69 Å². The summed E-state index contributed by atoms with van der Waals surface area (Å²) in [7, 11) is 0. The second kappa shape index (κ2) is 5.04. The zero-order valence-corrected chi connectivity index (χ0v) is 7.70. The Hall–Kier alpha value is -1.21. The number of aliphatic hydroxyl groups is 1. The van der Waals surface area contributed by atoms with Gasteiger partial charge in [-0.1, -0.05) is 0 Å². The summed E-state index contributed by atoms with van der Waals surface area (Å²) in [6, 6.07) is 3.25. The molecule has 0 fully saturated rings. The first kappa shape index (κ1) is 11.9. The van der Waals surface area contributed by atoms with Gasteiger partial charge in [0.1, 0.15) is 0 Å². The lowest BCUT2D eigenvalue weighted by atomic mass is 10.3. The van der Waals surface area contributed by atoms with E-state index in [2.05, 4.69) is 15.5 Å². The number of aliphatic hydroxyl groups excluding tert-OH is 1. The lowest BCUT2D eigenvalue weighted by Crippen LogP contribution is -2.38. The Morgan fingerprint density at radius 1 is 1.47 bits per heavy atom. The molecule has 1 aromatic heterocycles. The minimum atomic E-state index is -4.59. The molecule has 1 rings (SSSR count). The third kappa shape index (κ3) is 4.22. The van der Waals surface area contributed by atoms with Crippen LogP contribution in [0.2, 0.25) is 0 Å². The van der Waals surface area contributed by atoms with Gasteiger partial charge in [-0.3, -0.25) is 0 Å². The largest absolute Gasteiger partial charge is 0.415 e. The monoisotopic (exact) mass is 221 g/mol. The lowest BCUT2D eigenvalue weighted by molar-refractivity contribution is -0.201. The van der Waals surface area contributed by atoms with E-state index in [4.69, 9.17) is 5.11 Å². The summed E-state index contributed by atoms with van der Waals surface area (Å²) in [5.74, 6) is 0. The first-order valence-electron chi connectivity index (χ1n) is 4.22. The molecule has 4 nitrogen and oxygen atoms in total. The predicted octanol–water partition coefficient (Wildman–Crippen LogP) is 0.489. The number of alkyl halides is 3. The van der Waals surface area contributed by atoms with Crippen LogP contribution < -0.4 is 5.32 Å². The van der Waals surface area contributed by atoms with E-state index in [0.717, 1.165) is 0 Å². The molecule has 0 amide bonds. The third-order valence-corrected chi connectivity index (χ3v) is 1.65. The Labute approximate surface area is 84.1 Å². The second-order valence-corrected chi connectivity index (χ2v) is 2.90. The summed E-state index contributed by atoms with van der Waals surface area (Å²) in [6.07, 6.45) is -5.47. The van der Waals surface area contributed by atoms with Crippen LogP contribution in [0.1, 0.15) is 5.69 Å². The first-order chi connectivity index (χ1) is 7.00. The van der Waals surface area contributed by atoms with Gasteiger partial charge in [-0.25, -0.2) is 0 Å². The fourth-order valence-corrected chi connectivity index (χ4v) is 0.880. The maximum absolute atomic E-state index is 11.9. The van der Waals surface area contributed by atoms with Gasteiger partial charge in [0.15, 0.2) is 6.10 Å². The number of nitrogens with one attached hydrogen (secondary N) is 1. The van der Waals surface area contributed by atoms with Gasteiger partial charge in [-0.05, 0) is 12.1 Å². The highest BCUT2D eigenvalue weighted by Crippen LogP contribution is 2.19. The Kier molecular flexibility index (Phi) is 3.98. The SMILES string of the molecule is OC(CNCc1cccnn1)C(F)(F)F. The summed E-state index contributed by atoms with van der Waals surface area (Å²) in [6.45, 7) is -0.416. The maximum Gasteiger partial charge on any atom is 0.415 e. The molecule has 1 unspecified atom stereocenters. The van der Waals surface area contributed by atoms with E-state index in [-0.39, 0.29) is 6.54 Å². The van der Waals surface area contributed by atoms with Crippen molar-refractivity contribution in [3.8, 4) is 0 Å². The number of hydrogen-bond acceptors (Lipinski definition) is 4. The Bertz CT molecular complexity index is 291. The molecule has 0 aliphatic carbocycles. The summed E-state index contributed by atoms with van der Waals surface area (Å²) >= 11 is 0. The topological polar surface area (TPSA) is 58.0 Å². The van der Waals surface area contributed by atoms with Gasteiger partial charge < -0.3 is 10.4 Å². The molecule has 1 aromatic rings. The van der Waals surface area contributed by atoms with Crippen molar-refractivity contribution in [1.29, 1.82) is 0 Å². The van der Waals surface area contributed by atoms with Crippen LogP contribution in [0, 0.1) is 0 Å². The van der Waals surface area contributed by atoms with Crippen molar-refractivity contribution in [1.82, 2.24) is 15.5 Å². The normalized spacial score (nSPS) is 13.9. The zero-order valence-electron chi connectivity index (χ0n) is 7.70. The number of hydrogen-bond donors (Lipinski definition) is 2. The van der Waals surface area contributed by atoms with Crippen LogP contribution >= 0.6 is 0 Å². The third-order valence-electron chi connectivity index (χ3n) is 1.65. The molecule has 0 spiro atoms. The molecule has 2 N–H and O–H groups in total. The van der Waals surface area contributed by atoms with Crippen LogP contribution in [-0.4, -0.2) is 34.1 Å². The van der Waals surface area contributed by atoms with Crippen LogP contribution in [0.3, 0.4) is 0 Å². The van der Waals surface area contributed by atoms with Crippen molar-refractivity contribution in [2.24, 2.45) is 0 Å². The van der Waals surface area contributed by atoms with Crippen LogP contribution in [0.4, 0.5) is 13.2 Å². The van der Waals surface area contributed by atoms with Crippen molar-refractivity contribution in [3.05, 3.63) is 24.0 Å². The quantitative estimate of drug-likeness (QED) is 0.776. The van der Waals surface area contributed by atoms with Crippen LogP contribution in [-0.2, 0) is 6.54 Å². The van der Waals surface area contributed by atoms with Gasteiger partial charge in [0.25, 0.3) is 0 Å². The average molecular weight is 221 g/mol. The van der Waals surface area contributed by atoms with Gasteiger partial charge in [0, 0.05) is 19.3 Å². The molecule has 0 aromatic carbocycles. The summed E-state index contributed by atoms with van der Waals surface area (Å²) in [5.41, 5.74) is 0.520. The van der Waals surface area contributed by atoms with Crippen molar-refractivity contribution in [3.63, 3.8) is 0 Å². The summed E-state index contributed by atoms with van der Waals surface area (Å²) < 4.78 is 35.6. The average Bonchev–Trinajstić information content (AvgIpc) is 2.18. The van der Waals surface area contributed by atoms with Gasteiger partial charge in [-0.2, -0.15) is 23.4 Å². The molecule has 1 atom stereocenters. The minimum absolute atomic E-state index is 0.140. The van der Waals surface area contributed by atoms with Gasteiger partial charge in [-0.15, -0.1) is 0 Å². The number of nitrogens with zero attached hydrogens (tertiary/aromatic N) is 2. The molecule has 7 heteroatoms. The Morgan fingerprint density at radius 2 is 2.20 bits per heavy atom. The van der Waals surface area contributed by atoms with Crippen LogP contribution in [0.15, 0.2) is 18.3 Å². The molecule has 0 saturated carbocycles. The van der Waals surface area contributed by atoms with Gasteiger partial charge >= 0.3 is 6.18 Å².